The van der Waals surface area contributed by atoms with Gasteiger partial charge in [0.1, 0.15) is 28.7 Å². The maximum atomic E-state index is 11.0. The number of aromatic hydroxyl groups is 1. The SMILES string of the molecule is COc1ccc2c(O)c(Cc3ccccc3)c3c(C#N)c(N)oc3c2c1. The summed E-state index contributed by atoms with van der Waals surface area (Å²) in [4.78, 5) is 0. The monoisotopic (exact) mass is 344 g/mol. The van der Waals surface area contributed by atoms with Crippen LogP contribution < -0.4 is 10.5 Å². The topological polar surface area (TPSA) is 92.4 Å². The molecule has 0 unspecified atom stereocenters. The Morgan fingerprint density at radius 2 is 1.92 bits per heavy atom. The van der Waals surface area contributed by atoms with Gasteiger partial charge in [-0.05, 0) is 23.8 Å². The Balaban J connectivity index is 2.12. The Morgan fingerprint density at radius 3 is 2.62 bits per heavy atom. The minimum Gasteiger partial charge on any atom is -0.507 e. The van der Waals surface area contributed by atoms with Gasteiger partial charge in [-0.25, -0.2) is 0 Å². The second-order valence-corrected chi connectivity index (χ2v) is 6.06. The number of nitrogens with zero attached hydrogens (tertiary/aromatic N) is 1. The van der Waals surface area contributed by atoms with Crippen molar-refractivity contribution in [3.8, 4) is 17.6 Å². The Kier molecular flexibility index (Phi) is 3.67. The number of ether oxygens (including phenoxy) is 1. The summed E-state index contributed by atoms with van der Waals surface area (Å²) in [5.41, 5.74) is 8.30. The number of nitrogens with two attached hydrogens (primary N) is 1. The number of phenolic OH excluding ortho intramolecular Hbond substituents is 1. The van der Waals surface area contributed by atoms with Crippen LogP contribution in [0.25, 0.3) is 21.7 Å². The molecule has 3 aromatic carbocycles. The van der Waals surface area contributed by atoms with Gasteiger partial charge in [0.2, 0.25) is 5.88 Å². The third-order valence-electron chi connectivity index (χ3n) is 4.59. The molecule has 0 radical (unpaired) electrons. The third-order valence-corrected chi connectivity index (χ3v) is 4.59. The smallest absolute Gasteiger partial charge is 0.209 e. The second kappa shape index (κ2) is 6.01. The van der Waals surface area contributed by atoms with E-state index in [-0.39, 0.29) is 17.2 Å². The lowest BCUT2D eigenvalue weighted by Crippen LogP contribution is -1.94. The molecule has 0 spiro atoms. The number of anilines is 1. The first-order valence-electron chi connectivity index (χ1n) is 8.11. The van der Waals surface area contributed by atoms with Gasteiger partial charge in [-0.1, -0.05) is 30.3 Å². The number of furan rings is 1. The molecule has 128 valence electrons. The fraction of sp³-hybridized carbons (Fsp3) is 0.0952. The molecule has 4 rings (SSSR count). The number of benzene rings is 3. The van der Waals surface area contributed by atoms with E-state index in [1.165, 1.54) is 0 Å². The number of rotatable bonds is 3. The molecular formula is C21H16N2O3. The molecule has 26 heavy (non-hydrogen) atoms. The molecular weight excluding hydrogens is 328 g/mol. The molecule has 3 N–H and O–H groups in total. The van der Waals surface area contributed by atoms with Gasteiger partial charge >= 0.3 is 0 Å². The zero-order valence-electron chi connectivity index (χ0n) is 14.1. The van der Waals surface area contributed by atoms with Crippen molar-refractivity contribution in [2.45, 2.75) is 6.42 Å². The van der Waals surface area contributed by atoms with E-state index < -0.39 is 0 Å². The number of hydrogen-bond acceptors (Lipinski definition) is 5. The van der Waals surface area contributed by atoms with Crippen molar-refractivity contribution in [3.63, 3.8) is 0 Å². The van der Waals surface area contributed by atoms with E-state index in [1.807, 2.05) is 30.3 Å². The first-order chi connectivity index (χ1) is 12.6. The van der Waals surface area contributed by atoms with E-state index in [4.69, 9.17) is 14.9 Å². The third kappa shape index (κ3) is 2.32. The fourth-order valence-corrected chi connectivity index (χ4v) is 3.34. The van der Waals surface area contributed by atoms with Crippen molar-refractivity contribution in [2.24, 2.45) is 0 Å². The molecule has 5 nitrogen and oxygen atoms in total. The predicted molar refractivity (Wildman–Crippen MR) is 100 cm³/mol. The van der Waals surface area contributed by atoms with Crippen molar-refractivity contribution < 1.29 is 14.3 Å². The highest BCUT2D eigenvalue weighted by atomic mass is 16.5. The number of phenols is 1. The summed E-state index contributed by atoms with van der Waals surface area (Å²) in [6.45, 7) is 0. The summed E-state index contributed by atoms with van der Waals surface area (Å²) in [6.07, 6.45) is 0.457. The van der Waals surface area contributed by atoms with Gasteiger partial charge in [0.15, 0.2) is 0 Å². The molecule has 0 atom stereocenters. The van der Waals surface area contributed by atoms with Crippen molar-refractivity contribution >= 4 is 27.6 Å². The summed E-state index contributed by atoms with van der Waals surface area (Å²) < 4.78 is 11.0. The van der Waals surface area contributed by atoms with E-state index in [9.17, 15) is 10.4 Å². The van der Waals surface area contributed by atoms with Crippen LogP contribution in [-0.4, -0.2) is 12.2 Å². The molecule has 5 heteroatoms. The number of fused-ring (bicyclic) bond motifs is 3. The quantitative estimate of drug-likeness (QED) is 0.576. The van der Waals surface area contributed by atoms with E-state index in [2.05, 4.69) is 6.07 Å². The van der Waals surface area contributed by atoms with Crippen LogP contribution in [0, 0.1) is 11.3 Å². The largest absolute Gasteiger partial charge is 0.507 e. The average molecular weight is 344 g/mol. The van der Waals surface area contributed by atoms with E-state index >= 15 is 0 Å². The molecule has 1 aromatic heterocycles. The fourth-order valence-electron chi connectivity index (χ4n) is 3.34. The zero-order chi connectivity index (χ0) is 18.3. The molecule has 0 fully saturated rings. The van der Waals surface area contributed by atoms with E-state index in [0.29, 0.717) is 39.5 Å². The number of nitrogen functional groups attached to an aromatic ring is 1. The summed E-state index contributed by atoms with van der Waals surface area (Å²) >= 11 is 0. The average Bonchev–Trinajstić information content (AvgIpc) is 3.01. The normalized spacial score (nSPS) is 10.9. The molecule has 0 aliphatic carbocycles. The Hall–Kier alpha value is -3.65. The minimum atomic E-state index is 0.0477. The van der Waals surface area contributed by atoms with Gasteiger partial charge in [0, 0.05) is 28.1 Å². The summed E-state index contributed by atoms with van der Waals surface area (Å²) in [5.74, 6) is 0.797. The molecule has 0 aliphatic rings. The lowest BCUT2D eigenvalue weighted by atomic mass is 9.94. The molecule has 4 aromatic rings. The highest BCUT2D eigenvalue weighted by Gasteiger charge is 2.23. The number of hydrogen-bond donors (Lipinski definition) is 2. The van der Waals surface area contributed by atoms with E-state index in [1.54, 1.807) is 25.3 Å². The minimum absolute atomic E-state index is 0.0477. The summed E-state index contributed by atoms with van der Waals surface area (Å²) in [5, 5.41) is 22.4. The Labute approximate surface area is 149 Å². The van der Waals surface area contributed by atoms with Gasteiger partial charge in [-0.15, -0.1) is 0 Å². The van der Waals surface area contributed by atoms with Crippen LogP contribution in [0.4, 0.5) is 5.88 Å². The van der Waals surface area contributed by atoms with Crippen LogP contribution in [0.15, 0.2) is 52.9 Å². The van der Waals surface area contributed by atoms with Crippen LogP contribution in [0.5, 0.6) is 11.5 Å². The lowest BCUT2D eigenvalue weighted by Gasteiger charge is -2.12. The van der Waals surface area contributed by atoms with Crippen molar-refractivity contribution in [1.29, 1.82) is 5.26 Å². The second-order valence-electron chi connectivity index (χ2n) is 6.06. The van der Waals surface area contributed by atoms with Gasteiger partial charge in [0.05, 0.1) is 7.11 Å². The van der Waals surface area contributed by atoms with Crippen molar-refractivity contribution in [2.75, 3.05) is 12.8 Å². The lowest BCUT2D eigenvalue weighted by molar-refractivity contribution is 0.415. The van der Waals surface area contributed by atoms with Crippen LogP contribution in [0.2, 0.25) is 0 Å². The van der Waals surface area contributed by atoms with Crippen LogP contribution in [0.3, 0.4) is 0 Å². The molecule has 0 amide bonds. The van der Waals surface area contributed by atoms with Crippen LogP contribution in [-0.2, 0) is 6.42 Å². The van der Waals surface area contributed by atoms with E-state index in [0.717, 1.165) is 5.56 Å². The molecule has 1 heterocycles. The first-order valence-corrected chi connectivity index (χ1v) is 8.11. The zero-order valence-corrected chi connectivity index (χ0v) is 14.1. The first kappa shape index (κ1) is 15.9. The molecule has 0 saturated carbocycles. The van der Waals surface area contributed by atoms with Crippen molar-refractivity contribution in [3.05, 3.63) is 65.2 Å². The van der Waals surface area contributed by atoms with Crippen molar-refractivity contribution in [1.82, 2.24) is 0 Å². The summed E-state index contributed by atoms with van der Waals surface area (Å²) in [6, 6.07) is 17.2. The Bertz CT molecular complexity index is 1170. The maximum absolute atomic E-state index is 11.0. The van der Waals surface area contributed by atoms with Gasteiger partial charge in [0.25, 0.3) is 0 Å². The van der Waals surface area contributed by atoms with Gasteiger partial charge in [-0.2, -0.15) is 5.26 Å². The summed E-state index contributed by atoms with van der Waals surface area (Å²) in [7, 11) is 1.57. The highest BCUT2D eigenvalue weighted by Crippen LogP contribution is 2.43. The molecule has 0 bridgehead atoms. The van der Waals surface area contributed by atoms with Crippen LogP contribution >= 0.6 is 0 Å². The van der Waals surface area contributed by atoms with Gasteiger partial charge in [-0.3, -0.25) is 0 Å². The predicted octanol–water partition coefficient (Wildman–Crippen LogP) is 4.34. The Morgan fingerprint density at radius 1 is 1.15 bits per heavy atom. The van der Waals surface area contributed by atoms with Gasteiger partial charge < -0.3 is 20.0 Å². The maximum Gasteiger partial charge on any atom is 0.209 e. The number of nitriles is 1. The molecule has 0 saturated heterocycles. The number of methoxy groups -OCH3 is 1. The molecule has 0 aliphatic heterocycles. The van der Waals surface area contributed by atoms with Crippen LogP contribution in [0.1, 0.15) is 16.7 Å². The highest BCUT2D eigenvalue weighted by molar-refractivity contribution is 6.12. The standard InChI is InChI=1S/C21H16N2O3/c1-25-13-7-8-14-15(10-13)20-18(17(11-22)21(23)26-20)16(19(14)24)9-12-5-3-2-4-6-12/h2-8,10,24H,9,23H2,1H3.